The minimum absolute atomic E-state index is 0.150. The highest BCUT2D eigenvalue weighted by Crippen LogP contribution is 2.20. The zero-order chi connectivity index (χ0) is 19.2. The van der Waals surface area contributed by atoms with Crippen LogP contribution in [0.4, 0.5) is 10.8 Å². The van der Waals surface area contributed by atoms with Crippen LogP contribution in [0.15, 0.2) is 28.6 Å². The Morgan fingerprint density at radius 1 is 1.12 bits per heavy atom. The Bertz CT molecular complexity index is 830. The Morgan fingerprint density at radius 3 is 2.35 bits per heavy atom. The van der Waals surface area contributed by atoms with Gasteiger partial charge in [0.2, 0.25) is 15.4 Å². The van der Waals surface area contributed by atoms with Crippen molar-refractivity contribution in [3.63, 3.8) is 0 Å². The molecule has 10 heteroatoms. The van der Waals surface area contributed by atoms with E-state index in [4.69, 9.17) is 0 Å². The molecule has 0 atom stereocenters. The monoisotopic (exact) mass is 397 g/mol. The number of hydrogen-bond acceptors (Lipinski definition) is 7. The summed E-state index contributed by atoms with van der Waals surface area (Å²) in [5, 5.41) is 9.99. The lowest BCUT2D eigenvalue weighted by Crippen LogP contribution is -2.23. The van der Waals surface area contributed by atoms with Crippen molar-refractivity contribution in [3.8, 4) is 0 Å². The molecule has 2 aromatic rings. The maximum absolute atomic E-state index is 12.3. The number of nitrogens with one attached hydrogen (secondary N) is 2. The van der Waals surface area contributed by atoms with Crippen LogP contribution in [0.2, 0.25) is 0 Å². The van der Waals surface area contributed by atoms with Crippen LogP contribution in [0.1, 0.15) is 32.8 Å². The Kier molecular flexibility index (Phi) is 7.06. The maximum Gasteiger partial charge on any atom is 0.270 e. The van der Waals surface area contributed by atoms with E-state index in [0.717, 1.165) is 35.7 Å². The molecule has 0 saturated carbocycles. The Labute approximate surface area is 157 Å². The first-order valence-corrected chi connectivity index (χ1v) is 10.7. The van der Waals surface area contributed by atoms with Crippen molar-refractivity contribution in [1.82, 2.24) is 14.9 Å². The molecule has 0 unspecified atom stereocenters. The number of benzene rings is 1. The molecule has 0 fully saturated rings. The first-order valence-electron chi connectivity index (χ1n) is 8.36. The summed E-state index contributed by atoms with van der Waals surface area (Å²) in [6.07, 6.45) is 0.281. The van der Waals surface area contributed by atoms with Crippen molar-refractivity contribution in [2.75, 3.05) is 23.3 Å². The van der Waals surface area contributed by atoms with Gasteiger partial charge in [-0.3, -0.25) is 4.79 Å². The second kappa shape index (κ2) is 9.06. The second-order valence-electron chi connectivity index (χ2n) is 5.44. The lowest BCUT2D eigenvalue weighted by atomic mass is 10.2. The van der Waals surface area contributed by atoms with Crippen LogP contribution in [-0.4, -0.2) is 37.6 Å². The largest absolute Gasteiger partial charge is 0.372 e. The average molecular weight is 398 g/mol. The van der Waals surface area contributed by atoms with E-state index in [1.165, 1.54) is 0 Å². The summed E-state index contributed by atoms with van der Waals surface area (Å²) in [5.41, 5.74) is 1.94. The zero-order valence-corrected chi connectivity index (χ0v) is 16.7. The summed E-state index contributed by atoms with van der Waals surface area (Å²) in [6, 6.07) is 7.73. The SMILES string of the molecule is CCC(=O)Nc1nnc(S(=O)(=O)NCc2ccc(N(CC)CC)cc2)s1. The molecule has 0 bridgehead atoms. The molecule has 26 heavy (non-hydrogen) atoms. The van der Waals surface area contributed by atoms with Gasteiger partial charge in [-0.15, -0.1) is 10.2 Å². The highest BCUT2D eigenvalue weighted by Gasteiger charge is 2.20. The van der Waals surface area contributed by atoms with Crippen LogP contribution in [0, 0.1) is 0 Å². The predicted molar refractivity (Wildman–Crippen MR) is 103 cm³/mol. The van der Waals surface area contributed by atoms with Gasteiger partial charge in [-0.25, -0.2) is 13.1 Å². The van der Waals surface area contributed by atoms with Crippen molar-refractivity contribution in [3.05, 3.63) is 29.8 Å². The first-order chi connectivity index (χ1) is 12.4. The molecule has 8 nitrogen and oxygen atoms in total. The van der Waals surface area contributed by atoms with E-state index in [1.54, 1.807) is 6.92 Å². The van der Waals surface area contributed by atoms with Crippen LogP contribution >= 0.6 is 11.3 Å². The third-order valence-electron chi connectivity index (χ3n) is 3.74. The van der Waals surface area contributed by atoms with Crippen LogP contribution in [0.5, 0.6) is 0 Å². The number of anilines is 2. The van der Waals surface area contributed by atoms with Crippen LogP contribution < -0.4 is 14.9 Å². The third-order valence-corrected chi connectivity index (χ3v) is 6.34. The Morgan fingerprint density at radius 2 is 1.77 bits per heavy atom. The number of aromatic nitrogens is 2. The molecule has 0 saturated heterocycles. The van der Waals surface area contributed by atoms with E-state index in [9.17, 15) is 13.2 Å². The van der Waals surface area contributed by atoms with Gasteiger partial charge in [0.1, 0.15) is 0 Å². The summed E-state index contributed by atoms with van der Waals surface area (Å²) in [7, 11) is -3.78. The van der Waals surface area contributed by atoms with Crippen molar-refractivity contribution < 1.29 is 13.2 Å². The normalized spacial score (nSPS) is 11.3. The fourth-order valence-corrected chi connectivity index (χ4v) is 4.20. The summed E-state index contributed by atoms with van der Waals surface area (Å²) in [5.74, 6) is -0.244. The van der Waals surface area contributed by atoms with E-state index < -0.39 is 10.0 Å². The highest BCUT2D eigenvalue weighted by molar-refractivity contribution is 7.91. The molecule has 1 amide bonds. The van der Waals surface area contributed by atoms with Gasteiger partial charge in [-0.05, 0) is 31.5 Å². The quantitative estimate of drug-likeness (QED) is 0.629. The molecular weight excluding hydrogens is 374 g/mol. The zero-order valence-electron chi connectivity index (χ0n) is 15.0. The van der Waals surface area contributed by atoms with Gasteiger partial charge in [-0.1, -0.05) is 30.4 Å². The van der Waals surface area contributed by atoms with Crippen molar-refractivity contribution in [2.24, 2.45) is 0 Å². The number of nitrogens with zero attached hydrogens (tertiary/aromatic N) is 3. The number of carbonyl (C=O) groups is 1. The van der Waals surface area contributed by atoms with E-state index in [-0.39, 0.29) is 28.3 Å². The molecule has 0 aliphatic rings. The summed E-state index contributed by atoms with van der Waals surface area (Å²) in [6.45, 7) is 7.85. The molecule has 2 N–H and O–H groups in total. The smallest absolute Gasteiger partial charge is 0.270 e. The predicted octanol–water partition coefficient (Wildman–Crippen LogP) is 2.21. The second-order valence-corrected chi connectivity index (χ2v) is 8.36. The Balaban J connectivity index is 2.00. The minimum Gasteiger partial charge on any atom is -0.372 e. The number of carbonyl (C=O) groups excluding carboxylic acids is 1. The minimum atomic E-state index is -3.78. The van der Waals surface area contributed by atoms with Crippen LogP contribution in [-0.2, 0) is 21.4 Å². The molecule has 1 heterocycles. The van der Waals surface area contributed by atoms with Crippen molar-refractivity contribution >= 4 is 38.1 Å². The average Bonchev–Trinajstić information content (AvgIpc) is 3.11. The van der Waals surface area contributed by atoms with Gasteiger partial charge < -0.3 is 10.2 Å². The topological polar surface area (TPSA) is 104 Å². The third kappa shape index (κ3) is 5.23. The molecule has 0 aliphatic heterocycles. The molecule has 0 spiro atoms. The molecule has 1 aromatic heterocycles. The summed E-state index contributed by atoms with van der Waals surface area (Å²) >= 11 is 0.820. The van der Waals surface area contributed by atoms with Gasteiger partial charge in [0.05, 0.1) is 0 Å². The van der Waals surface area contributed by atoms with Gasteiger partial charge >= 0.3 is 0 Å². The van der Waals surface area contributed by atoms with Gasteiger partial charge in [-0.2, -0.15) is 0 Å². The van der Waals surface area contributed by atoms with Crippen molar-refractivity contribution in [1.29, 1.82) is 0 Å². The lowest BCUT2D eigenvalue weighted by Gasteiger charge is -2.21. The van der Waals surface area contributed by atoms with Crippen LogP contribution in [0.3, 0.4) is 0 Å². The maximum atomic E-state index is 12.3. The standard InChI is InChI=1S/C16H23N5O3S2/c1-4-14(22)18-15-19-20-16(25-15)26(23,24)17-11-12-7-9-13(10-8-12)21(5-2)6-3/h7-10,17H,4-6,11H2,1-3H3,(H,18,19,22). The van der Waals surface area contributed by atoms with E-state index in [0.29, 0.717) is 0 Å². The van der Waals surface area contributed by atoms with Gasteiger partial charge in [0.15, 0.2) is 0 Å². The molecule has 1 aromatic carbocycles. The number of rotatable bonds is 9. The van der Waals surface area contributed by atoms with E-state index in [1.807, 2.05) is 24.3 Å². The fourth-order valence-electron chi connectivity index (χ4n) is 2.23. The van der Waals surface area contributed by atoms with E-state index in [2.05, 4.69) is 39.0 Å². The Hall–Kier alpha value is -2.04. The van der Waals surface area contributed by atoms with Crippen LogP contribution in [0.25, 0.3) is 0 Å². The lowest BCUT2D eigenvalue weighted by molar-refractivity contribution is -0.115. The molecule has 2 rings (SSSR count). The number of amides is 1. The molecule has 0 radical (unpaired) electrons. The highest BCUT2D eigenvalue weighted by atomic mass is 32.2. The number of sulfonamides is 1. The fraction of sp³-hybridized carbons (Fsp3) is 0.438. The number of hydrogen-bond donors (Lipinski definition) is 2. The summed E-state index contributed by atoms with van der Waals surface area (Å²) < 4.78 is 27.0. The summed E-state index contributed by atoms with van der Waals surface area (Å²) in [4.78, 5) is 13.5. The molecular formula is C16H23N5O3S2. The van der Waals surface area contributed by atoms with Crippen molar-refractivity contribution in [2.45, 2.75) is 38.1 Å². The van der Waals surface area contributed by atoms with Gasteiger partial charge in [0, 0.05) is 31.7 Å². The molecule has 0 aliphatic carbocycles. The molecule has 142 valence electrons. The first kappa shape index (κ1) is 20.3. The van der Waals surface area contributed by atoms with Gasteiger partial charge in [0.25, 0.3) is 10.0 Å². The van der Waals surface area contributed by atoms with E-state index >= 15 is 0 Å².